The molecule has 1 amide bonds. The van der Waals surface area contributed by atoms with E-state index < -0.39 is 0 Å². The molecular formula is C15H19N3O3. The molecule has 3 heterocycles. The number of hydrogen-bond donors (Lipinski definition) is 0. The number of furan rings is 1. The van der Waals surface area contributed by atoms with Crippen LogP contribution in [0, 0.1) is 6.92 Å². The molecule has 6 heteroatoms. The normalized spacial score (nSPS) is 19.0. The minimum Gasteiger partial charge on any atom is -0.469 e. The Balaban J connectivity index is 1.74. The molecule has 2 aromatic heterocycles. The second kappa shape index (κ2) is 5.73. The first-order valence-electron chi connectivity index (χ1n) is 7.16. The number of aryl methyl sites for hydroxylation is 2. The Hall–Kier alpha value is -2.08. The van der Waals surface area contributed by atoms with Crippen molar-refractivity contribution in [2.24, 2.45) is 0 Å². The van der Waals surface area contributed by atoms with E-state index in [-0.39, 0.29) is 12.0 Å². The smallest absolute Gasteiger partial charge is 0.257 e. The number of carbonyl (C=O) groups is 1. The van der Waals surface area contributed by atoms with Gasteiger partial charge in [-0.05, 0) is 19.9 Å². The maximum atomic E-state index is 12.5. The zero-order chi connectivity index (χ0) is 14.8. The molecule has 1 saturated heterocycles. The number of rotatable bonds is 3. The van der Waals surface area contributed by atoms with Gasteiger partial charge in [0.2, 0.25) is 0 Å². The molecule has 1 aliphatic heterocycles. The average molecular weight is 289 g/mol. The standard InChI is InChI=1S/C15H19N3O3/c1-3-18-9-12(8-16-18)14-10-17(5-7-21-14)15(19)13-4-6-20-11(13)2/h4,6,8-9,14H,3,5,7,10H2,1-2H3. The Kier molecular flexibility index (Phi) is 3.79. The second-order valence-corrected chi connectivity index (χ2v) is 5.13. The first-order chi connectivity index (χ1) is 10.2. The van der Waals surface area contributed by atoms with Crippen molar-refractivity contribution in [3.63, 3.8) is 0 Å². The molecule has 21 heavy (non-hydrogen) atoms. The third-order valence-corrected chi connectivity index (χ3v) is 3.79. The van der Waals surface area contributed by atoms with Crippen LogP contribution in [0.25, 0.3) is 0 Å². The third-order valence-electron chi connectivity index (χ3n) is 3.79. The summed E-state index contributed by atoms with van der Waals surface area (Å²) in [7, 11) is 0. The van der Waals surface area contributed by atoms with Gasteiger partial charge in [-0.1, -0.05) is 0 Å². The van der Waals surface area contributed by atoms with E-state index in [1.807, 2.05) is 28.9 Å². The molecule has 0 aliphatic carbocycles. The van der Waals surface area contributed by atoms with E-state index >= 15 is 0 Å². The summed E-state index contributed by atoms with van der Waals surface area (Å²) in [4.78, 5) is 14.3. The third kappa shape index (κ3) is 2.71. The van der Waals surface area contributed by atoms with Gasteiger partial charge in [0.25, 0.3) is 5.91 Å². The van der Waals surface area contributed by atoms with E-state index in [4.69, 9.17) is 9.15 Å². The highest BCUT2D eigenvalue weighted by Crippen LogP contribution is 2.23. The van der Waals surface area contributed by atoms with E-state index in [1.54, 1.807) is 19.3 Å². The minimum absolute atomic E-state index is 0.00238. The molecule has 0 bridgehead atoms. The maximum absolute atomic E-state index is 12.5. The highest BCUT2D eigenvalue weighted by Gasteiger charge is 2.28. The molecule has 6 nitrogen and oxygen atoms in total. The van der Waals surface area contributed by atoms with Gasteiger partial charge in [-0.2, -0.15) is 5.10 Å². The Morgan fingerprint density at radius 1 is 1.52 bits per heavy atom. The van der Waals surface area contributed by atoms with Crippen LogP contribution < -0.4 is 0 Å². The van der Waals surface area contributed by atoms with Crippen LogP contribution in [0.4, 0.5) is 0 Å². The van der Waals surface area contributed by atoms with E-state index in [2.05, 4.69) is 5.10 Å². The lowest BCUT2D eigenvalue weighted by Crippen LogP contribution is -2.42. The summed E-state index contributed by atoms with van der Waals surface area (Å²) in [5.74, 6) is 0.652. The summed E-state index contributed by atoms with van der Waals surface area (Å²) < 4.78 is 12.9. The van der Waals surface area contributed by atoms with Crippen LogP contribution in [0.2, 0.25) is 0 Å². The molecule has 1 unspecified atom stereocenters. The van der Waals surface area contributed by atoms with Crippen molar-refractivity contribution in [1.82, 2.24) is 14.7 Å². The van der Waals surface area contributed by atoms with Gasteiger partial charge in [-0.15, -0.1) is 0 Å². The number of amides is 1. The number of aromatic nitrogens is 2. The van der Waals surface area contributed by atoms with Crippen molar-refractivity contribution in [1.29, 1.82) is 0 Å². The summed E-state index contributed by atoms with van der Waals surface area (Å²) in [5, 5.41) is 4.26. The van der Waals surface area contributed by atoms with E-state index in [9.17, 15) is 4.79 Å². The van der Waals surface area contributed by atoms with Gasteiger partial charge >= 0.3 is 0 Å². The number of hydrogen-bond acceptors (Lipinski definition) is 4. The van der Waals surface area contributed by atoms with Crippen LogP contribution in [0.15, 0.2) is 29.1 Å². The zero-order valence-corrected chi connectivity index (χ0v) is 12.3. The van der Waals surface area contributed by atoms with Crippen LogP contribution in [-0.2, 0) is 11.3 Å². The molecule has 1 atom stereocenters. The predicted octanol–water partition coefficient (Wildman–Crippen LogP) is 2.02. The Bertz CT molecular complexity index is 632. The minimum atomic E-state index is -0.116. The number of nitrogens with zero attached hydrogens (tertiary/aromatic N) is 3. The van der Waals surface area contributed by atoms with Crippen molar-refractivity contribution in [2.45, 2.75) is 26.5 Å². The van der Waals surface area contributed by atoms with Crippen LogP contribution in [0.1, 0.15) is 34.7 Å². The summed E-state index contributed by atoms with van der Waals surface area (Å²) in [6.07, 6.45) is 5.22. The van der Waals surface area contributed by atoms with Crippen molar-refractivity contribution < 1.29 is 13.9 Å². The van der Waals surface area contributed by atoms with Gasteiger partial charge in [0.1, 0.15) is 11.9 Å². The topological polar surface area (TPSA) is 60.5 Å². The van der Waals surface area contributed by atoms with Crippen LogP contribution in [-0.4, -0.2) is 40.3 Å². The van der Waals surface area contributed by atoms with Gasteiger partial charge in [-0.3, -0.25) is 9.48 Å². The monoisotopic (exact) mass is 289 g/mol. The molecule has 0 spiro atoms. The van der Waals surface area contributed by atoms with Gasteiger partial charge in [0, 0.05) is 24.8 Å². The fraction of sp³-hybridized carbons (Fsp3) is 0.467. The first-order valence-corrected chi connectivity index (χ1v) is 7.16. The van der Waals surface area contributed by atoms with E-state index in [0.29, 0.717) is 31.0 Å². The largest absolute Gasteiger partial charge is 0.469 e. The molecule has 3 rings (SSSR count). The molecule has 1 fully saturated rings. The van der Waals surface area contributed by atoms with Gasteiger partial charge < -0.3 is 14.1 Å². The fourth-order valence-corrected chi connectivity index (χ4v) is 2.53. The van der Waals surface area contributed by atoms with Gasteiger partial charge in [0.05, 0.1) is 31.2 Å². The molecule has 0 aromatic carbocycles. The number of morpholine rings is 1. The summed E-state index contributed by atoms with van der Waals surface area (Å²) >= 11 is 0. The predicted molar refractivity (Wildman–Crippen MR) is 75.9 cm³/mol. The highest BCUT2D eigenvalue weighted by atomic mass is 16.5. The molecule has 2 aromatic rings. The van der Waals surface area contributed by atoms with Crippen molar-refractivity contribution in [2.75, 3.05) is 19.7 Å². The first kappa shape index (κ1) is 13.9. The Morgan fingerprint density at radius 2 is 2.38 bits per heavy atom. The van der Waals surface area contributed by atoms with Crippen molar-refractivity contribution >= 4 is 5.91 Å². The van der Waals surface area contributed by atoms with Crippen LogP contribution in [0.5, 0.6) is 0 Å². The summed E-state index contributed by atoms with van der Waals surface area (Å²) in [6, 6.07) is 1.72. The lowest BCUT2D eigenvalue weighted by molar-refractivity contribution is -0.0229. The molecule has 112 valence electrons. The fourth-order valence-electron chi connectivity index (χ4n) is 2.53. The molecule has 0 N–H and O–H groups in total. The molecular weight excluding hydrogens is 270 g/mol. The van der Waals surface area contributed by atoms with Crippen LogP contribution in [0.3, 0.4) is 0 Å². The molecule has 0 radical (unpaired) electrons. The van der Waals surface area contributed by atoms with E-state index in [1.165, 1.54) is 0 Å². The van der Waals surface area contributed by atoms with E-state index in [0.717, 1.165) is 12.1 Å². The van der Waals surface area contributed by atoms with Crippen molar-refractivity contribution in [3.8, 4) is 0 Å². The van der Waals surface area contributed by atoms with Gasteiger partial charge in [-0.25, -0.2) is 0 Å². The number of carbonyl (C=O) groups excluding carboxylic acids is 1. The Labute approximate surface area is 123 Å². The molecule has 1 aliphatic rings. The maximum Gasteiger partial charge on any atom is 0.257 e. The van der Waals surface area contributed by atoms with Gasteiger partial charge in [0.15, 0.2) is 0 Å². The average Bonchev–Trinajstić information content (AvgIpc) is 3.15. The Morgan fingerprint density at radius 3 is 3.05 bits per heavy atom. The lowest BCUT2D eigenvalue weighted by atomic mass is 10.1. The highest BCUT2D eigenvalue weighted by molar-refractivity contribution is 5.95. The van der Waals surface area contributed by atoms with Crippen LogP contribution >= 0.6 is 0 Å². The number of ether oxygens (including phenoxy) is 1. The van der Waals surface area contributed by atoms with Crippen molar-refractivity contribution in [3.05, 3.63) is 41.6 Å². The quantitative estimate of drug-likeness (QED) is 0.867. The summed E-state index contributed by atoms with van der Waals surface area (Å²) in [5.41, 5.74) is 1.64. The second-order valence-electron chi connectivity index (χ2n) is 5.13. The zero-order valence-electron chi connectivity index (χ0n) is 12.3. The lowest BCUT2D eigenvalue weighted by Gasteiger charge is -2.32. The SMILES string of the molecule is CCn1cc(C2CN(C(=O)c3ccoc3C)CCO2)cn1. The molecule has 0 saturated carbocycles. The summed E-state index contributed by atoms with van der Waals surface area (Å²) in [6.45, 7) is 6.33.